The summed E-state index contributed by atoms with van der Waals surface area (Å²) in [5.41, 5.74) is 2.03. The van der Waals surface area contributed by atoms with Gasteiger partial charge in [-0.3, -0.25) is 0 Å². The van der Waals surface area contributed by atoms with E-state index in [0.717, 1.165) is 30.3 Å². The molecule has 3 aliphatic rings. The Morgan fingerprint density at radius 3 is 2.27 bits per heavy atom. The molecule has 3 fully saturated rings. The minimum atomic E-state index is 0.536. The Morgan fingerprint density at radius 1 is 0.933 bits per heavy atom. The van der Waals surface area contributed by atoms with Gasteiger partial charge in [0.2, 0.25) is 5.95 Å². The van der Waals surface area contributed by atoms with E-state index in [1.165, 1.54) is 51.6 Å². The molecule has 0 atom stereocenters. The van der Waals surface area contributed by atoms with Crippen molar-refractivity contribution < 1.29 is 0 Å². The number of aromatic nitrogens is 2. The highest BCUT2D eigenvalue weighted by molar-refractivity contribution is 5.67. The Balaban J connectivity index is 0.000000265. The summed E-state index contributed by atoms with van der Waals surface area (Å²) in [6, 6.07) is 11.2. The van der Waals surface area contributed by atoms with Crippen LogP contribution in [-0.4, -0.2) is 60.2 Å². The standard InChI is InChI=1S/C18H23N5.C5H12N2/c1-2-6-14(7-3-1)22-18-19-12-16(20-15-10-11-15)17(23-18)21-13-8-4-5-9-13;1-7-4-2-6-3-5-7/h1-3,6-7,12-13,15,20H,4-5,8-11H2,(H2,19,21,22,23);6H,2-5H2,1H3. The smallest absolute Gasteiger partial charge is 0.229 e. The Hall–Kier alpha value is -2.38. The van der Waals surface area contributed by atoms with E-state index >= 15 is 0 Å². The van der Waals surface area contributed by atoms with E-state index in [2.05, 4.69) is 38.2 Å². The fourth-order valence-corrected chi connectivity index (χ4v) is 3.80. The molecule has 2 aliphatic carbocycles. The number of nitrogens with one attached hydrogen (secondary N) is 4. The van der Waals surface area contributed by atoms with Gasteiger partial charge in [-0.05, 0) is 44.9 Å². The molecule has 2 saturated carbocycles. The molecule has 2 aromatic rings. The molecule has 1 aromatic heterocycles. The first kappa shape index (κ1) is 20.9. The first-order chi connectivity index (χ1) is 14.8. The van der Waals surface area contributed by atoms with E-state index in [9.17, 15) is 0 Å². The number of nitrogens with zero attached hydrogens (tertiary/aromatic N) is 3. The van der Waals surface area contributed by atoms with E-state index in [1.54, 1.807) is 0 Å². The minimum absolute atomic E-state index is 0.536. The molecule has 1 saturated heterocycles. The van der Waals surface area contributed by atoms with Crippen molar-refractivity contribution in [3.05, 3.63) is 36.5 Å². The van der Waals surface area contributed by atoms with Crippen LogP contribution >= 0.6 is 0 Å². The van der Waals surface area contributed by atoms with Gasteiger partial charge >= 0.3 is 0 Å². The SMILES string of the molecule is CN1CCNCC1.c1ccc(Nc2ncc(NC3CC3)c(NC3CCCC3)n2)cc1. The highest BCUT2D eigenvalue weighted by Crippen LogP contribution is 2.31. The van der Waals surface area contributed by atoms with Crippen LogP contribution in [-0.2, 0) is 0 Å². The van der Waals surface area contributed by atoms with Gasteiger partial charge in [0.05, 0.1) is 11.9 Å². The molecule has 0 bridgehead atoms. The fraction of sp³-hybridized carbons (Fsp3) is 0.565. The maximum atomic E-state index is 4.72. The average Bonchev–Trinajstić information content (AvgIpc) is 3.44. The Labute approximate surface area is 180 Å². The van der Waals surface area contributed by atoms with Crippen molar-refractivity contribution in [2.45, 2.75) is 50.6 Å². The number of benzene rings is 1. The van der Waals surface area contributed by atoms with Gasteiger partial charge in [-0.25, -0.2) is 4.98 Å². The summed E-state index contributed by atoms with van der Waals surface area (Å²) >= 11 is 0. The number of likely N-dealkylation sites (N-methyl/N-ethyl adjacent to an activating group) is 1. The molecule has 1 aliphatic heterocycles. The summed E-state index contributed by atoms with van der Waals surface area (Å²) < 4.78 is 0. The quantitative estimate of drug-likeness (QED) is 0.580. The van der Waals surface area contributed by atoms with E-state index in [-0.39, 0.29) is 0 Å². The highest BCUT2D eigenvalue weighted by Gasteiger charge is 2.24. The molecule has 7 heteroatoms. The molecule has 0 spiro atoms. The first-order valence-corrected chi connectivity index (χ1v) is 11.4. The van der Waals surface area contributed by atoms with Crippen molar-refractivity contribution in [3.63, 3.8) is 0 Å². The summed E-state index contributed by atoms with van der Waals surface area (Å²) in [5.74, 6) is 1.57. The third-order valence-electron chi connectivity index (χ3n) is 5.79. The zero-order chi connectivity index (χ0) is 20.6. The Morgan fingerprint density at radius 2 is 1.63 bits per heavy atom. The molecule has 0 amide bonds. The van der Waals surface area contributed by atoms with Crippen molar-refractivity contribution in [1.82, 2.24) is 20.2 Å². The lowest BCUT2D eigenvalue weighted by Gasteiger charge is -2.21. The van der Waals surface area contributed by atoms with Gasteiger partial charge in [-0.1, -0.05) is 31.0 Å². The van der Waals surface area contributed by atoms with Crippen LogP contribution in [0.1, 0.15) is 38.5 Å². The molecule has 2 heterocycles. The van der Waals surface area contributed by atoms with E-state index in [0.29, 0.717) is 18.0 Å². The topological polar surface area (TPSA) is 77.1 Å². The van der Waals surface area contributed by atoms with E-state index in [4.69, 9.17) is 4.98 Å². The van der Waals surface area contributed by atoms with Crippen LogP contribution in [0.25, 0.3) is 0 Å². The van der Waals surface area contributed by atoms with Gasteiger partial charge in [-0.2, -0.15) is 4.98 Å². The Bertz CT molecular complexity index is 766. The maximum Gasteiger partial charge on any atom is 0.229 e. The largest absolute Gasteiger partial charge is 0.378 e. The van der Waals surface area contributed by atoms with Crippen molar-refractivity contribution in [2.75, 3.05) is 49.2 Å². The van der Waals surface area contributed by atoms with Crippen LogP contribution in [0.15, 0.2) is 36.5 Å². The van der Waals surface area contributed by atoms with Gasteiger partial charge in [0.25, 0.3) is 0 Å². The maximum absolute atomic E-state index is 4.72. The predicted octanol–water partition coefficient (Wildman–Crippen LogP) is 3.67. The molecule has 0 unspecified atom stereocenters. The third kappa shape index (κ3) is 6.57. The van der Waals surface area contributed by atoms with Crippen LogP contribution in [0.5, 0.6) is 0 Å². The normalized spacial score (nSPS) is 19.6. The molecule has 1 aromatic carbocycles. The number of para-hydroxylation sites is 1. The van der Waals surface area contributed by atoms with Crippen LogP contribution in [0.2, 0.25) is 0 Å². The second kappa shape index (κ2) is 10.6. The van der Waals surface area contributed by atoms with Crippen molar-refractivity contribution in [3.8, 4) is 0 Å². The van der Waals surface area contributed by atoms with Crippen LogP contribution < -0.4 is 21.3 Å². The van der Waals surface area contributed by atoms with Crippen molar-refractivity contribution in [2.24, 2.45) is 0 Å². The minimum Gasteiger partial charge on any atom is -0.378 e. The monoisotopic (exact) mass is 409 g/mol. The summed E-state index contributed by atoms with van der Waals surface area (Å²) in [6.45, 7) is 4.74. The van der Waals surface area contributed by atoms with Gasteiger partial charge < -0.3 is 26.2 Å². The van der Waals surface area contributed by atoms with Crippen LogP contribution in [0.3, 0.4) is 0 Å². The predicted molar refractivity (Wildman–Crippen MR) is 125 cm³/mol. The number of hydrogen-bond acceptors (Lipinski definition) is 7. The lowest BCUT2D eigenvalue weighted by atomic mass is 10.2. The van der Waals surface area contributed by atoms with E-state index in [1.807, 2.05) is 36.5 Å². The Kier molecular flexibility index (Phi) is 7.37. The van der Waals surface area contributed by atoms with Crippen LogP contribution in [0, 0.1) is 0 Å². The van der Waals surface area contributed by atoms with Crippen molar-refractivity contribution >= 4 is 23.1 Å². The molecule has 5 rings (SSSR count). The average molecular weight is 410 g/mol. The van der Waals surface area contributed by atoms with Gasteiger partial charge in [0.15, 0.2) is 5.82 Å². The van der Waals surface area contributed by atoms with E-state index < -0.39 is 0 Å². The van der Waals surface area contributed by atoms with Crippen LogP contribution in [0.4, 0.5) is 23.1 Å². The molecule has 0 radical (unpaired) electrons. The highest BCUT2D eigenvalue weighted by atomic mass is 15.2. The summed E-state index contributed by atoms with van der Waals surface area (Å²) in [5, 5.41) is 13.7. The van der Waals surface area contributed by atoms with Gasteiger partial charge in [-0.15, -0.1) is 0 Å². The molecule has 162 valence electrons. The molecule has 30 heavy (non-hydrogen) atoms. The lowest BCUT2D eigenvalue weighted by Crippen LogP contribution is -2.40. The lowest BCUT2D eigenvalue weighted by molar-refractivity contribution is 0.291. The molecule has 7 nitrogen and oxygen atoms in total. The summed E-state index contributed by atoms with van der Waals surface area (Å²) in [6.07, 6.45) is 9.46. The second-order valence-corrected chi connectivity index (χ2v) is 8.54. The molecule has 4 N–H and O–H groups in total. The number of hydrogen-bond donors (Lipinski definition) is 4. The second-order valence-electron chi connectivity index (χ2n) is 8.54. The number of piperazine rings is 1. The number of anilines is 4. The zero-order valence-corrected chi connectivity index (χ0v) is 18.0. The third-order valence-corrected chi connectivity index (χ3v) is 5.79. The van der Waals surface area contributed by atoms with Gasteiger partial charge in [0, 0.05) is 44.0 Å². The first-order valence-electron chi connectivity index (χ1n) is 11.4. The molecular weight excluding hydrogens is 374 g/mol. The molecular formula is C23H35N7. The summed E-state index contributed by atoms with van der Waals surface area (Å²) in [7, 11) is 2.15. The zero-order valence-electron chi connectivity index (χ0n) is 18.0. The van der Waals surface area contributed by atoms with Crippen molar-refractivity contribution in [1.29, 1.82) is 0 Å². The fourth-order valence-electron chi connectivity index (χ4n) is 3.80. The van der Waals surface area contributed by atoms with Gasteiger partial charge in [0.1, 0.15) is 0 Å². The summed E-state index contributed by atoms with van der Waals surface area (Å²) in [4.78, 5) is 11.5. The number of rotatable bonds is 6.